The first-order valence-electron chi connectivity index (χ1n) is 26.5. The van der Waals surface area contributed by atoms with Crippen LogP contribution in [0.1, 0.15) is 127 Å². The highest BCUT2D eigenvalue weighted by Crippen LogP contribution is 2.35. The molecule has 11 nitrogen and oxygen atoms in total. The van der Waals surface area contributed by atoms with Crippen LogP contribution in [0.3, 0.4) is 0 Å². The molecule has 0 atom stereocenters. The Morgan fingerprint density at radius 1 is 0.614 bits per heavy atom. The van der Waals surface area contributed by atoms with E-state index in [9.17, 15) is 9.59 Å². The monoisotopic (exact) mass is 944 g/mol. The van der Waals surface area contributed by atoms with Crippen molar-refractivity contribution >= 4 is 39.5 Å². The van der Waals surface area contributed by atoms with Crippen molar-refractivity contribution in [2.24, 2.45) is 16.8 Å². The zero-order valence-corrected chi connectivity index (χ0v) is 42.1. The minimum absolute atomic E-state index is 0.176. The van der Waals surface area contributed by atoms with Gasteiger partial charge in [0.2, 0.25) is 0 Å². The van der Waals surface area contributed by atoms with Gasteiger partial charge < -0.3 is 38.6 Å². The lowest BCUT2D eigenvalue weighted by Gasteiger charge is -2.32. The quantitative estimate of drug-likeness (QED) is 0.147. The molecule has 2 fully saturated rings. The summed E-state index contributed by atoms with van der Waals surface area (Å²) in [5.74, 6) is 4.87. The number of likely N-dealkylation sites (tertiary alicyclic amines) is 2. The number of fused-ring (bicyclic) bond motifs is 6. The Labute approximate surface area is 414 Å². The predicted molar refractivity (Wildman–Crippen MR) is 282 cm³/mol. The second-order valence-corrected chi connectivity index (χ2v) is 20.4. The number of hydrogen-bond acceptors (Lipinski definition) is 7. The fraction of sp³-hybridized carbons (Fsp3) is 0.475. The third-order valence-corrected chi connectivity index (χ3v) is 15.6. The Bertz CT molecular complexity index is 2830. The van der Waals surface area contributed by atoms with E-state index in [1.807, 2.05) is 35.8 Å². The fourth-order valence-electron chi connectivity index (χ4n) is 11.5. The van der Waals surface area contributed by atoms with Crippen molar-refractivity contribution in [3.63, 3.8) is 0 Å². The standard InChI is InChI=1S/C32H40N4O2.C27H33N3O2/c1-3-38-26-10-7-24(8-11-26)21-36-29-12-9-25(32(37)34-17-13-23(2)14-18-34)20-27(29)28-22-35(19-15-30(28)36)31-6-4-5-16-33-31;1-3-32-22-7-4-20(5-8-22)18-30-25-9-6-21(27(31)29-14-11-19(2)12-15-29)16-23(25)24-17-28-13-10-26(24)30/h7-12,20,23H,3-6,13-19,21-22H2,1-2H3;4-9,16,19,28H,3,10-15,17-18H2,1-2H3. The van der Waals surface area contributed by atoms with Gasteiger partial charge in [0.1, 0.15) is 11.5 Å². The Morgan fingerprint density at radius 3 is 1.63 bits per heavy atom. The van der Waals surface area contributed by atoms with Gasteiger partial charge in [0.15, 0.2) is 0 Å². The topological polar surface area (TPSA) is 96.6 Å². The average Bonchev–Trinajstić information content (AvgIpc) is 3.88. The number of aliphatic imine (C=N–C) groups is 1. The van der Waals surface area contributed by atoms with E-state index in [-0.39, 0.29) is 11.8 Å². The first-order valence-corrected chi connectivity index (χ1v) is 26.5. The first-order chi connectivity index (χ1) is 34.2. The van der Waals surface area contributed by atoms with E-state index in [2.05, 4.69) is 106 Å². The van der Waals surface area contributed by atoms with Gasteiger partial charge in [-0.1, -0.05) is 38.1 Å². The van der Waals surface area contributed by atoms with Gasteiger partial charge in [0.25, 0.3) is 11.8 Å². The summed E-state index contributed by atoms with van der Waals surface area (Å²) in [6.45, 7) is 19.7. The Morgan fingerprint density at radius 2 is 1.13 bits per heavy atom. The van der Waals surface area contributed by atoms with Crippen LogP contribution in [-0.2, 0) is 39.0 Å². The number of amidine groups is 1. The summed E-state index contributed by atoms with van der Waals surface area (Å²) in [5.41, 5.74) is 12.1. The Kier molecular flexibility index (Phi) is 14.6. The predicted octanol–water partition coefficient (Wildman–Crippen LogP) is 10.5. The molecule has 0 aliphatic carbocycles. The lowest BCUT2D eigenvalue weighted by atomic mass is 9.98. The van der Waals surface area contributed by atoms with Crippen molar-refractivity contribution < 1.29 is 19.1 Å². The Hall–Kier alpha value is -6.07. The highest BCUT2D eigenvalue weighted by molar-refractivity contribution is 6.00. The van der Waals surface area contributed by atoms with Gasteiger partial charge >= 0.3 is 0 Å². The molecule has 368 valence electrons. The Balaban J connectivity index is 0.000000165. The molecule has 7 heterocycles. The van der Waals surface area contributed by atoms with E-state index >= 15 is 0 Å². The third kappa shape index (κ3) is 10.2. The normalized spacial score (nSPS) is 17.7. The summed E-state index contributed by atoms with van der Waals surface area (Å²) >= 11 is 0. The second-order valence-electron chi connectivity index (χ2n) is 20.4. The number of nitrogens with zero attached hydrogens (tertiary/aromatic N) is 6. The SMILES string of the molecule is CCOc1ccc(Cn2c3c(c4cc(C(=O)N5CCC(C)CC5)ccc42)CN(C2=NCCCC2)CC3)cc1.CCOc1ccc(Cn2c3c(c4cc(C(=O)N5CCC(C)CC5)ccc42)CNCC3)cc1. The molecule has 5 aliphatic rings. The molecule has 6 aromatic rings. The highest BCUT2D eigenvalue weighted by atomic mass is 16.5. The van der Waals surface area contributed by atoms with Gasteiger partial charge in [-0.15, -0.1) is 0 Å². The van der Waals surface area contributed by atoms with Crippen LogP contribution in [0, 0.1) is 11.8 Å². The number of ether oxygens (including phenoxy) is 2. The van der Waals surface area contributed by atoms with Crippen molar-refractivity contribution in [1.82, 2.24) is 29.2 Å². The number of benzene rings is 4. The number of hydrogen-bond donors (Lipinski definition) is 1. The smallest absolute Gasteiger partial charge is 0.253 e. The van der Waals surface area contributed by atoms with E-state index in [4.69, 9.17) is 14.5 Å². The molecule has 11 heteroatoms. The van der Waals surface area contributed by atoms with E-state index < -0.39 is 0 Å². The van der Waals surface area contributed by atoms with Crippen molar-refractivity contribution in [2.45, 2.75) is 112 Å². The van der Waals surface area contributed by atoms with Crippen molar-refractivity contribution in [3.05, 3.63) is 130 Å². The van der Waals surface area contributed by atoms with E-state index in [0.717, 1.165) is 145 Å². The summed E-state index contributed by atoms with van der Waals surface area (Å²) < 4.78 is 16.2. The number of carbonyl (C=O) groups is 2. The van der Waals surface area contributed by atoms with Crippen LogP contribution in [-0.4, -0.2) is 101 Å². The summed E-state index contributed by atoms with van der Waals surface area (Å²) in [4.78, 5) is 38.1. The number of amides is 2. The molecule has 70 heavy (non-hydrogen) atoms. The van der Waals surface area contributed by atoms with Gasteiger partial charge in [-0.3, -0.25) is 14.6 Å². The van der Waals surface area contributed by atoms with Crippen LogP contribution in [0.15, 0.2) is 89.9 Å². The molecule has 2 amide bonds. The van der Waals surface area contributed by atoms with Crippen LogP contribution in [0.5, 0.6) is 11.5 Å². The van der Waals surface area contributed by atoms with Gasteiger partial charge in [-0.25, -0.2) is 0 Å². The molecule has 0 radical (unpaired) electrons. The van der Waals surface area contributed by atoms with Crippen LogP contribution >= 0.6 is 0 Å². The number of carbonyl (C=O) groups excluding carboxylic acids is 2. The summed E-state index contributed by atoms with van der Waals surface area (Å²) in [6, 6.07) is 29.6. The molecule has 0 spiro atoms. The first kappa shape index (κ1) is 47.6. The maximum atomic E-state index is 13.5. The summed E-state index contributed by atoms with van der Waals surface area (Å²) in [6.07, 6.45) is 9.91. The second kappa shape index (κ2) is 21.5. The molecule has 2 aromatic heterocycles. The van der Waals surface area contributed by atoms with Gasteiger partial charge in [-0.2, -0.15) is 0 Å². The molecule has 11 rings (SSSR count). The highest BCUT2D eigenvalue weighted by Gasteiger charge is 2.29. The molecule has 1 N–H and O–H groups in total. The zero-order chi connectivity index (χ0) is 48.1. The molecule has 0 saturated carbocycles. The molecule has 4 aromatic carbocycles. The summed E-state index contributed by atoms with van der Waals surface area (Å²) in [7, 11) is 0. The average molecular weight is 944 g/mol. The lowest BCUT2D eigenvalue weighted by molar-refractivity contribution is 0.0689. The van der Waals surface area contributed by atoms with Gasteiger partial charge in [-0.05, 0) is 142 Å². The number of rotatable bonds is 10. The zero-order valence-electron chi connectivity index (χ0n) is 42.1. The van der Waals surface area contributed by atoms with Crippen molar-refractivity contribution in [3.8, 4) is 11.5 Å². The maximum Gasteiger partial charge on any atom is 0.253 e. The molecular formula is C59H73N7O4. The maximum absolute atomic E-state index is 13.5. The molecule has 2 saturated heterocycles. The van der Waals surface area contributed by atoms with Crippen LogP contribution in [0.4, 0.5) is 0 Å². The molecule has 0 bridgehead atoms. The fourth-order valence-corrected chi connectivity index (χ4v) is 11.5. The largest absolute Gasteiger partial charge is 0.494 e. The third-order valence-electron chi connectivity index (χ3n) is 15.6. The van der Waals surface area contributed by atoms with Crippen LogP contribution in [0.2, 0.25) is 0 Å². The van der Waals surface area contributed by atoms with E-state index in [0.29, 0.717) is 19.1 Å². The molecular weight excluding hydrogens is 871 g/mol. The minimum atomic E-state index is 0.176. The lowest BCUT2D eigenvalue weighted by Crippen LogP contribution is -2.38. The molecule has 0 unspecified atom stereocenters. The van der Waals surface area contributed by atoms with Crippen LogP contribution < -0.4 is 14.8 Å². The van der Waals surface area contributed by atoms with Gasteiger partial charge in [0.05, 0.1) is 19.0 Å². The van der Waals surface area contributed by atoms with E-state index in [1.165, 1.54) is 74.1 Å². The summed E-state index contributed by atoms with van der Waals surface area (Å²) in [5, 5.41) is 5.97. The van der Waals surface area contributed by atoms with Crippen molar-refractivity contribution in [1.29, 1.82) is 0 Å². The minimum Gasteiger partial charge on any atom is -0.494 e. The number of piperidine rings is 2. The van der Waals surface area contributed by atoms with Gasteiger partial charge in [0, 0.05) is 141 Å². The van der Waals surface area contributed by atoms with E-state index in [1.54, 1.807) is 0 Å². The molecule has 5 aliphatic heterocycles. The van der Waals surface area contributed by atoms with Crippen LogP contribution in [0.25, 0.3) is 21.8 Å². The number of aromatic nitrogens is 2. The number of nitrogens with one attached hydrogen (secondary N) is 1. The van der Waals surface area contributed by atoms with Crippen molar-refractivity contribution in [2.75, 3.05) is 59.0 Å².